The van der Waals surface area contributed by atoms with Crippen LogP contribution in [0.3, 0.4) is 0 Å². The number of nitrogens with zero attached hydrogens (tertiary/aromatic N) is 2. The van der Waals surface area contributed by atoms with Crippen LogP contribution in [-0.2, 0) is 13.0 Å². The number of carbonyl (C=O) groups excluding carboxylic acids is 1. The van der Waals surface area contributed by atoms with E-state index in [0.29, 0.717) is 41.1 Å². The van der Waals surface area contributed by atoms with E-state index >= 15 is 0 Å². The summed E-state index contributed by atoms with van der Waals surface area (Å²) in [6.45, 7) is 0.791. The minimum atomic E-state index is -0.230. The highest BCUT2D eigenvalue weighted by atomic mass is 35.5. The Labute approximate surface area is 159 Å². The molecule has 0 fully saturated rings. The maximum atomic E-state index is 12.8. The van der Waals surface area contributed by atoms with Crippen LogP contribution in [0.5, 0.6) is 11.5 Å². The Morgan fingerprint density at radius 1 is 1.19 bits per heavy atom. The highest BCUT2D eigenvalue weighted by Gasteiger charge is 2.29. The van der Waals surface area contributed by atoms with Crippen molar-refractivity contribution < 1.29 is 19.5 Å². The zero-order valence-electron chi connectivity index (χ0n) is 14.1. The summed E-state index contributed by atoms with van der Waals surface area (Å²) >= 11 is 5.96. The number of benzene rings is 2. The number of nitrogen functional groups attached to an aromatic ring is 1. The molecule has 1 aliphatic rings. The number of aromatic hydroxyl groups is 2. The van der Waals surface area contributed by atoms with Gasteiger partial charge in [0.25, 0.3) is 5.91 Å². The molecule has 0 unspecified atom stereocenters. The van der Waals surface area contributed by atoms with Crippen LogP contribution >= 0.6 is 11.6 Å². The van der Waals surface area contributed by atoms with E-state index in [0.717, 1.165) is 11.8 Å². The fourth-order valence-corrected chi connectivity index (χ4v) is 3.30. The van der Waals surface area contributed by atoms with Gasteiger partial charge in [0.05, 0.1) is 22.8 Å². The van der Waals surface area contributed by atoms with Crippen LogP contribution in [0.15, 0.2) is 40.9 Å². The Morgan fingerprint density at radius 2 is 1.93 bits per heavy atom. The van der Waals surface area contributed by atoms with Crippen LogP contribution in [0.4, 0.5) is 5.69 Å². The second kappa shape index (κ2) is 6.51. The van der Waals surface area contributed by atoms with Gasteiger partial charge >= 0.3 is 0 Å². The first-order valence-corrected chi connectivity index (χ1v) is 8.66. The van der Waals surface area contributed by atoms with Crippen LogP contribution in [0.25, 0.3) is 11.3 Å². The molecule has 7 nitrogen and oxygen atoms in total. The number of fused-ring (bicyclic) bond motifs is 1. The van der Waals surface area contributed by atoms with Crippen molar-refractivity contribution in [3.63, 3.8) is 0 Å². The molecule has 1 aliphatic heterocycles. The van der Waals surface area contributed by atoms with Gasteiger partial charge in [0.1, 0.15) is 11.5 Å². The number of rotatable bonds is 2. The largest absolute Gasteiger partial charge is 0.507 e. The summed E-state index contributed by atoms with van der Waals surface area (Å²) in [5, 5.41) is 23.9. The van der Waals surface area contributed by atoms with Crippen LogP contribution in [0.2, 0.25) is 5.02 Å². The lowest BCUT2D eigenvalue weighted by atomic mass is 10.00. The van der Waals surface area contributed by atoms with Gasteiger partial charge in [-0.25, -0.2) is 0 Å². The molecule has 8 heteroatoms. The van der Waals surface area contributed by atoms with Gasteiger partial charge in [-0.3, -0.25) is 4.79 Å². The maximum Gasteiger partial charge on any atom is 0.254 e. The third-order valence-electron chi connectivity index (χ3n) is 4.59. The van der Waals surface area contributed by atoms with Gasteiger partial charge in [-0.1, -0.05) is 16.8 Å². The molecule has 27 heavy (non-hydrogen) atoms. The summed E-state index contributed by atoms with van der Waals surface area (Å²) in [5.74, 6) is -0.204. The van der Waals surface area contributed by atoms with Crippen molar-refractivity contribution in [1.82, 2.24) is 10.1 Å². The van der Waals surface area contributed by atoms with Crippen molar-refractivity contribution in [2.45, 2.75) is 13.0 Å². The second-order valence-electron chi connectivity index (χ2n) is 6.36. The first kappa shape index (κ1) is 17.2. The van der Waals surface area contributed by atoms with E-state index in [2.05, 4.69) is 5.16 Å². The number of aromatic nitrogens is 1. The van der Waals surface area contributed by atoms with Crippen molar-refractivity contribution in [3.05, 3.63) is 58.2 Å². The predicted octanol–water partition coefficient (Wildman–Crippen LogP) is 3.19. The van der Waals surface area contributed by atoms with E-state index in [1.165, 1.54) is 6.07 Å². The van der Waals surface area contributed by atoms with Gasteiger partial charge in [0, 0.05) is 35.8 Å². The number of phenolic OH excluding ortho intramolecular Hbond substituents is 2. The smallest absolute Gasteiger partial charge is 0.254 e. The van der Waals surface area contributed by atoms with E-state index in [9.17, 15) is 15.0 Å². The molecule has 0 bridgehead atoms. The summed E-state index contributed by atoms with van der Waals surface area (Å²) < 4.78 is 5.42. The van der Waals surface area contributed by atoms with E-state index in [-0.39, 0.29) is 29.0 Å². The quantitative estimate of drug-likeness (QED) is 0.584. The molecule has 2 heterocycles. The van der Waals surface area contributed by atoms with Crippen LogP contribution in [0.1, 0.15) is 21.6 Å². The Balaban J connectivity index is 1.67. The van der Waals surface area contributed by atoms with Crippen LogP contribution in [0, 0.1) is 0 Å². The molecular formula is C19H16ClN3O4. The lowest BCUT2D eigenvalue weighted by molar-refractivity contribution is 0.0734. The molecule has 4 rings (SSSR count). The Bertz CT molecular complexity index is 1030. The molecule has 4 N–H and O–H groups in total. The molecular weight excluding hydrogens is 370 g/mol. The van der Waals surface area contributed by atoms with Gasteiger partial charge < -0.3 is 25.4 Å². The lowest BCUT2D eigenvalue weighted by Crippen LogP contribution is -2.35. The third kappa shape index (κ3) is 3.06. The normalized spacial score (nSPS) is 13.4. The molecule has 1 aromatic heterocycles. The standard InChI is InChI=1S/C19H16ClN3O4/c20-14-7-12(16(24)8-17(14)25)18-13-9-23(6-5-15(13)22-27-18)19(26)10-1-3-11(21)4-2-10/h1-4,7-8,24-25H,5-6,9,21H2. The number of halogens is 1. The summed E-state index contributed by atoms with van der Waals surface area (Å²) in [7, 11) is 0. The van der Waals surface area contributed by atoms with E-state index < -0.39 is 0 Å². The van der Waals surface area contributed by atoms with Crippen molar-refractivity contribution in [2.75, 3.05) is 12.3 Å². The fraction of sp³-hybridized carbons (Fsp3) is 0.158. The number of phenols is 2. The van der Waals surface area contributed by atoms with Gasteiger partial charge in [0.15, 0.2) is 5.76 Å². The summed E-state index contributed by atoms with van der Waals surface area (Å²) in [6, 6.07) is 9.30. The molecule has 0 radical (unpaired) electrons. The minimum Gasteiger partial charge on any atom is -0.507 e. The van der Waals surface area contributed by atoms with Crippen LogP contribution < -0.4 is 5.73 Å². The number of anilines is 1. The minimum absolute atomic E-state index is 0.0820. The predicted molar refractivity (Wildman–Crippen MR) is 99.6 cm³/mol. The van der Waals surface area contributed by atoms with Gasteiger partial charge in [-0.05, 0) is 30.3 Å². The Hall–Kier alpha value is -3.19. The average molecular weight is 386 g/mol. The SMILES string of the molecule is Nc1ccc(C(=O)N2CCc3noc(-c4cc(Cl)c(O)cc4O)c3C2)cc1. The van der Waals surface area contributed by atoms with Gasteiger partial charge in [0.2, 0.25) is 0 Å². The Kier molecular flexibility index (Phi) is 4.16. The van der Waals surface area contributed by atoms with Crippen molar-refractivity contribution in [2.24, 2.45) is 0 Å². The van der Waals surface area contributed by atoms with E-state index in [4.69, 9.17) is 21.9 Å². The average Bonchev–Trinajstić information content (AvgIpc) is 3.07. The Morgan fingerprint density at radius 3 is 2.67 bits per heavy atom. The number of hydrogen-bond donors (Lipinski definition) is 3. The summed E-state index contributed by atoms with van der Waals surface area (Å²) in [6.07, 6.45) is 0.534. The summed E-state index contributed by atoms with van der Waals surface area (Å²) in [5.41, 5.74) is 8.57. The number of nitrogens with two attached hydrogens (primary N) is 1. The molecule has 2 aromatic carbocycles. The summed E-state index contributed by atoms with van der Waals surface area (Å²) in [4.78, 5) is 14.5. The molecule has 138 valence electrons. The molecule has 0 saturated carbocycles. The number of amides is 1. The van der Waals surface area contributed by atoms with Crippen molar-refractivity contribution in [3.8, 4) is 22.8 Å². The molecule has 3 aromatic rings. The topological polar surface area (TPSA) is 113 Å². The van der Waals surface area contributed by atoms with Crippen molar-refractivity contribution >= 4 is 23.2 Å². The molecule has 0 aliphatic carbocycles. The number of carbonyl (C=O) groups is 1. The molecule has 1 amide bonds. The number of hydrogen-bond acceptors (Lipinski definition) is 6. The molecule has 0 atom stereocenters. The van der Waals surface area contributed by atoms with Crippen LogP contribution in [-0.4, -0.2) is 32.7 Å². The fourth-order valence-electron chi connectivity index (χ4n) is 3.14. The maximum absolute atomic E-state index is 12.8. The molecule has 0 saturated heterocycles. The van der Waals surface area contributed by atoms with Crippen molar-refractivity contribution in [1.29, 1.82) is 0 Å². The van der Waals surface area contributed by atoms with E-state index in [1.807, 2.05) is 0 Å². The lowest BCUT2D eigenvalue weighted by Gasteiger charge is -2.26. The highest BCUT2D eigenvalue weighted by Crippen LogP contribution is 2.40. The second-order valence-corrected chi connectivity index (χ2v) is 6.76. The highest BCUT2D eigenvalue weighted by molar-refractivity contribution is 6.32. The zero-order valence-corrected chi connectivity index (χ0v) is 14.9. The first-order valence-electron chi connectivity index (χ1n) is 8.28. The third-order valence-corrected chi connectivity index (χ3v) is 4.89. The zero-order chi connectivity index (χ0) is 19.1. The monoisotopic (exact) mass is 385 g/mol. The van der Waals surface area contributed by atoms with Gasteiger partial charge in [-0.2, -0.15) is 0 Å². The molecule has 0 spiro atoms. The van der Waals surface area contributed by atoms with E-state index in [1.54, 1.807) is 29.2 Å². The first-order chi connectivity index (χ1) is 12.9. The van der Waals surface area contributed by atoms with Gasteiger partial charge in [-0.15, -0.1) is 0 Å².